The first kappa shape index (κ1) is 14.7. The SMILES string of the molecule is C=C(Cc1ccccc1)Nc1ccc2c(c1C)CCCN2C. The van der Waals surface area contributed by atoms with Crippen molar-refractivity contribution in [1.29, 1.82) is 0 Å². The zero-order valence-corrected chi connectivity index (χ0v) is 13.5. The van der Waals surface area contributed by atoms with E-state index in [-0.39, 0.29) is 0 Å². The van der Waals surface area contributed by atoms with Gasteiger partial charge in [-0.05, 0) is 48.6 Å². The Kier molecular flexibility index (Phi) is 4.19. The second-order valence-electron chi connectivity index (χ2n) is 6.15. The topological polar surface area (TPSA) is 15.3 Å². The molecule has 0 amide bonds. The molecule has 1 N–H and O–H groups in total. The van der Waals surface area contributed by atoms with Crippen LogP contribution in [0.2, 0.25) is 0 Å². The summed E-state index contributed by atoms with van der Waals surface area (Å²) in [4.78, 5) is 2.36. The fraction of sp³-hybridized carbons (Fsp3) is 0.300. The molecule has 2 nitrogen and oxygen atoms in total. The van der Waals surface area contributed by atoms with Gasteiger partial charge in [-0.25, -0.2) is 0 Å². The van der Waals surface area contributed by atoms with Crippen LogP contribution in [0.15, 0.2) is 54.7 Å². The molecule has 0 spiro atoms. The van der Waals surface area contributed by atoms with Gasteiger partial charge in [-0.15, -0.1) is 0 Å². The van der Waals surface area contributed by atoms with Gasteiger partial charge in [0.05, 0.1) is 0 Å². The number of anilines is 2. The Morgan fingerprint density at radius 3 is 2.73 bits per heavy atom. The monoisotopic (exact) mass is 292 g/mol. The van der Waals surface area contributed by atoms with Crippen molar-refractivity contribution in [1.82, 2.24) is 0 Å². The van der Waals surface area contributed by atoms with Crippen LogP contribution in [-0.2, 0) is 12.8 Å². The number of allylic oxidation sites excluding steroid dienone is 1. The number of rotatable bonds is 4. The molecule has 0 saturated heterocycles. The summed E-state index contributed by atoms with van der Waals surface area (Å²) < 4.78 is 0. The minimum atomic E-state index is 0.858. The van der Waals surface area contributed by atoms with E-state index in [9.17, 15) is 0 Å². The average Bonchev–Trinajstić information content (AvgIpc) is 2.52. The Hall–Kier alpha value is -2.22. The van der Waals surface area contributed by atoms with E-state index in [1.165, 1.54) is 40.9 Å². The summed E-state index contributed by atoms with van der Waals surface area (Å²) in [5, 5.41) is 3.51. The zero-order valence-electron chi connectivity index (χ0n) is 13.5. The Bertz CT molecular complexity index is 674. The predicted octanol–water partition coefficient (Wildman–Crippen LogP) is 4.55. The van der Waals surface area contributed by atoms with Gasteiger partial charge < -0.3 is 10.2 Å². The molecule has 2 aromatic carbocycles. The molecule has 22 heavy (non-hydrogen) atoms. The first-order chi connectivity index (χ1) is 10.6. The second kappa shape index (κ2) is 6.27. The van der Waals surface area contributed by atoms with Crippen LogP contribution in [0, 0.1) is 6.92 Å². The third kappa shape index (κ3) is 3.01. The lowest BCUT2D eigenvalue weighted by atomic mass is 9.96. The van der Waals surface area contributed by atoms with Gasteiger partial charge in [-0.3, -0.25) is 0 Å². The summed E-state index contributed by atoms with van der Waals surface area (Å²) in [6.07, 6.45) is 3.27. The number of benzene rings is 2. The van der Waals surface area contributed by atoms with E-state index < -0.39 is 0 Å². The van der Waals surface area contributed by atoms with Crippen molar-refractivity contribution in [2.24, 2.45) is 0 Å². The molecule has 2 aromatic rings. The summed E-state index contributed by atoms with van der Waals surface area (Å²) in [6, 6.07) is 14.9. The lowest BCUT2D eigenvalue weighted by Crippen LogP contribution is -2.25. The molecule has 0 aliphatic carbocycles. The molecule has 114 valence electrons. The molecular formula is C20H24N2. The summed E-state index contributed by atoms with van der Waals surface area (Å²) in [5.74, 6) is 0. The highest BCUT2D eigenvalue weighted by Gasteiger charge is 2.17. The highest BCUT2D eigenvalue weighted by molar-refractivity contribution is 5.68. The number of hydrogen-bond acceptors (Lipinski definition) is 2. The number of nitrogens with one attached hydrogen (secondary N) is 1. The molecule has 0 radical (unpaired) electrons. The Labute approximate surface area is 133 Å². The van der Waals surface area contributed by atoms with Crippen LogP contribution < -0.4 is 10.2 Å². The molecule has 0 bridgehead atoms. The van der Waals surface area contributed by atoms with Gasteiger partial charge in [0.15, 0.2) is 0 Å². The first-order valence-electron chi connectivity index (χ1n) is 7.97. The van der Waals surface area contributed by atoms with Crippen LogP contribution in [0.3, 0.4) is 0 Å². The molecule has 0 atom stereocenters. The van der Waals surface area contributed by atoms with Gasteiger partial charge in [0.1, 0.15) is 0 Å². The molecule has 1 aliphatic heterocycles. The van der Waals surface area contributed by atoms with Crippen molar-refractivity contribution in [2.45, 2.75) is 26.2 Å². The lowest BCUT2D eigenvalue weighted by Gasteiger charge is -2.30. The zero-order chi connectivity index (χ0) is 15.5. The second-order valence-corrected chi connectivity index (χ2v) is 6.15. The van der Waals surface area contributed by atoms with Crippen molar-refractivity contribution in [2.75, 3.05) is 23.8 Å². The molecule has 3 rings (SSSR count). The minimum Gasteiger partial charge on any atom is -0.374 e. The number of fused-ring (bicyclic) bond motifs is 1. The minimum absolute atomic E-state index is 0.858. The summed E-state index contributed by atoms with van der Waals surface area (Å²) >= 11 is 0. The lowest BCUT2D eigenvalue weighted by molar-refractivity contribution is 0.741. The van der Waals surface area contributed by atoms with E-state index in [0.717, 1.165) is 18.7 Å². The van der Waals surface area contributed by atoms with Crippen LogP contribution in [0.25, 0.3) is 0 Å². The first-order valence-corrected chi connectivity index (χ1v) is 7.97. The van der Waals surface area contributed by atoms with Gasteiger partial charge >= 0.3 is 0 Å². The van der Waals surface area contributed by atoms with Gasteiger partial charge in [0, 0.05) is 37.1 Å². The summed E-state index contributed by atoms with van der Waals surface area (Å²) in [7, 11) is 2.18. The Morgan fingerprint density at radius 2 is 1.95 bits per heavy atom. The average molecular weight is 292 g/mol. The molecule has 2 heteroatoms. The molecule has 0 fully saturated rings. The molecule has 0 unspecified atom stereocenters. The van der Waals surface area contributed by atoms with Crippen molar-refractivity contribution >= 4 is 11.4 Å². The highest BCUT2D eigenvalue weighted by Crippen LogP contribution is 2.33. The van der Waals surface area contributed by atoms with E-state index in [1.807, 2.05) is 6.07 Å². The molecule has 0 saturated carbocycles. The fourth-order valence-electron chi connectivity index (χ4n) is 3.24. The third-order valence-electron chi connectivity index (χ3n) is 4.48. The van der Waals surface area contributed by atoms with Crippen molar-refractivity contribution < 1.29 is 0 Å². The molecule has 1 aliphatic rings. The van der Waals surface area contributed by atoms with E-state index in [1.54, 1.807) is 0 Å². The normalized spacial score (nSPS) is 13.6. The largest absolute Gasteiger partial charge is 0.374 e. The Balaban J connectivity index is 1.77. The van der Waals surface area contributed by atoms with Gasteiger partial charge in [-0.1, -0.05) is 36.9 Å². The third-order valence-corrected chi connectivity index (χ3v) is 4.48. The van der Waals surface area contributed by atoms with Gasteiger partial charge in [0.2, 0.25) is 0 Å². The van der Waals surface area contributed by atoms with E-state index >= 15 is 0 Å². The van der Waals surface area contributed by atoms with Crippen molar-refractivity contribution in [3.63, 3.8) is 0 Å². The van der Waals surface area contributed by atoms with Crippen molar-refractivity contribution in [3.05, 3.63) is 71.4 Å². The van der Waals surface area contributed by atoms with Crippen molar-refractivity contribution in [3.8, 4) is 0 Å². The quantitative estimate of drug-likeness (QED) is 0.889. The standard InChI is InChI=1S/C20H24N2/c1-15(14-17-8-5-4-6-9-17)21-19-11-12-20-18(16(19)2)10-7-13-22(20)3/h4-6,8-9,11-12,21H,1,7,10,13-14H2,2-3H3. The molecular weight excluding hydrogens is 268 g/mol. The molecule has 0 aromatic heterocycles. The predicted molar refractivity (Wildman–Crippen MR) is 95.7 cm³/mol. The van der Waals surface area contributed by atoms with E-state index in [0.29, 0.717) is 0 Å². The van der Waals surface area contributed by atoms with Crippen LogP contribution in [-0.4, -0.2) is 13.6 Å². The number of nitrogens with zero attached hydrogens (tertiary/aromatic N) is 1. The van der Waals surface area contributed by atoms with Crippen LogP contribution in [0.5, 0.6) is 0 Å². The van der Waals surface area contributed by atoms with Crippen LogP contribution >= 0.6 is 0 Å². The van der Waals surface area contributed by atoms with Crippen LogP contribution in [0.4, 0.5) is 11.4 Å². The summed E-state index contributed by atoms with van der Waals surface area (Å²) in [6.45, 7) is 7.56. The van der Waals surface area contributed by atoms with Gasteiger partial charge in [-0.2, -0.15) is 0 Å². The number of hydrogen-bond donors (Lipinski definition) is 1. The smallest absolute Gasteiger partial charge is 0.0415 e. The summed E-state index contributed by atoms with van der Waals surface area (Å²) in [5.41, 5.74) is 7.73. The van der Waals surface area contributed by atoms with E-state index in [4.69, 9.17) is 0 Å². The highest BCUT2D eigenvalue weighted by atomic mass is 15.1. The maximum Gasteiger partial charge on any atom is 0.0415 e. The maximum absolute atomic E-state index is 4.19. The Morgan fingerprint density at radius 1 is 1.18 bits per heavy atom. The maximum atomic E-state index is 4.19. The van der Waals surface area contributed by atoms with Gasteiger partial charge in [0.25, 0.3) is 0 Å². The molecule has 1 heterocycles. The van der Waals surface area contributed by atoms with E-state index in [2.05, 4.69) is 67.2 Å². The fourth-order valence-corrected chi connectivity index (χ4v) is 3.24. The van der Waals surface area contributed by atoms with Crippen LogP contribution in [0.1, 0.15) is 23.1 Å².